The highest BCUT2D eigenvalue weighted by molar-refractivity contribution is 7.12. The SMILES string of the molecule is Cc1c(-c2cc(C(C)(C)C)cc[n+]2C)cc(C(F)(F)F)cc1-c1scc[n+]1C. The maximum atomic E-state index is 13.7. The molecule has 3 rings (SSSR count). The first-order valence-electron chi connectivity index (χ1n) is 9.05. The van der Waals surface area contributed by atoms with Crippen molar-refractivity contribution in [1.29, 1.82) is 0 Å². The van der Waals surface area contributed by atoms with Gasteiger partial charge in [-0.2, -0.15) is 17.7 Å². The zero-order valence-electron chi connectivity index (χ0n) is 17.0. The summed E-state index contributed by atoms with van der Waals surface area (Å²) in [6.07, 6.45) is -0.632. The Bertz CT molecular complexity index is 1030. The normalized spacial score (nSPS) is 12.5. The molecule has 0 spiro atoms. The van der Waals surface area contributed by atoms with Gasteiger partial charge in [0.05, 0.1) is 22.1 Å². The fraction of sp³-hybridized carbons (Fsp3) is 0.364. The summed E-state index contributed by atoms with van der Waals surface area (Å²) in [5.74, 6) is 0. The molecule has 0 radical (unpaired) electrons. The Morgan fingerprint density at radius 1 is 0.857 bits per heavy atom. The first kappa shape index (κ1) is 20.5. The molecule has 6 heteroatoms. The van der Waals surface area contributed by atoms with E-state index in [0.29, 0.717) is 11.1 Å². The number of aromatic nitrogens is 2. The van der Waals surface area contributed by atoms with Crippen LogP contribution in [-0.4, -0.2) is 0 Å². The molecule has 0 aliphatic carbocycles. The summed E-state index contributed by atoms with van der Waals surface area (Å²) in [6.45, 7) is 8.20. The summed E-state index contributed by atoms with van der Waals surface area (Å²) < 4.78 is 44.8. The van der Waals surface area contributed by atoms with E-state index < -0.39 is 11.7 Å². The fourth-order valence-corrected chi connectivity index (χ4v) is 4.20. The van der Waals surface area contributed by atoms with E-state index in [-0.39, 0.29) is 5.41 Å². The van der Waals surface area contributed by atoms with Gasteiger partial charge in [0.2, 0.25) is 5.69 Å². The van der Waals surface area contributed by atoms with E-state index in [9.17, 15) is 13.2 Å². The quantitative estimate of drug-likeness (QED) is 0.507. The second kappa shape index (κ2) is 6.99. The molecule has 0 atom stereocenters. The lowest BCUT2D eigenvalue weighted by Crippen LogP contribution is -2.32. The molecule has 2 heterocycles. The van der Waals surface area contributed by atoms with Crippen molar-refractivity contribution in [2.75, 3.05) is 0 Å². The van der Waals surface area contributed by atoms with Crippen LogP contribution in [0.5, 0.6) is 0 Å². The van der Waals surface area contributed by atoms with Gasteiger partial charge < -0.3 is 0 Å². The maximum Gasteiger partial charge on any atom is 0.416 e. The molecule has 2 nitrogen and oxygen atoms in total. The van der Waals surface area contributed by atoms with Gasteiger partial charge in [-0.05, 0) is 35.6 Å². The number of thiazole rings is 1. The van der Waals surface area contributed by atoms with Crippen LogP contribution < -0.4 is 9.13 Å². The highest BCUT2D eigenvalue weighted by atomic mass is 32.1. The van der Waals surface area contributed by atoms with Crippen LogP contribution in [0, 0.1) is 6.92 Å². The maximum absolute atomic E-state index is 13.7. The number of alkyl halides is 3. The van der Waals surface area contributed by atoms with Crippen LogP contribution in [-0.2, 0) is 25.7 Å². The van der Waals surface area contributed by atoms with Gasteiger partial charge in [0, 0.05) is 12.1 Å². The molecule has 0 unspecified atom stereocenters. The molecule has 0 saturated carbocycles. The Morgan fingerprint density at radius 2 is 1.50 bits per heavy atom. The number of benzene rings is 1. The van der Waals surface area contributed by atoms with E-state index in [4.69, 9.17) is 0 Å². The third-order valence-electron chi connectivity index (χ3n) is 5.04. The van der Waals surface area contributed by atoms with E-state index in [1.54, 1.807) is 0 Å². The van der Waals surface area contributed by atoms with Crippen LogP contribution >= 0.6 is 11.3 Å². The van der Waals surface area contributed by atoms with Crippen LogP contribution in [0.25, 0.3) is 21.8 Å². The van der Waals surface area contributed by atoms with Crippen molar-refractivity contribution in [3.8, 4) is 21.8 Å². The minimum Gasteiger partial charge on any atom is -0.201 e. The highest BCUT2D eigenvalue weighted by Crippen LogP contribution is 2.39. The molecule has 0 saturated heterocycles. The summed E-state index contributed by atoms with van der Waals surface area (Å²) in [5.41, 5.74) is 3.19. The molecule has 0 aliphatic rings. The van der Waals surface area contributed by atoms with Gasteiger partial charge in [-0.15, -0.1) is 0 Å². The van der Waals surface area contributed by atoms with Crippen LogP contribution in [0.1, 0.15) is 37.5 Å². The minimum absolute atomic E-state index is 0.0957. The molecule has 3 aromatic rings. The average molecular weight is 407 g/mol. The molecule has 148 valence electrons. The predicted molar refractivity (Wildman–Crippen MR) is 106 cm³/mol. The summed E-state index contributed by atoms with van der Waals surface area (Å²) in [7, 11) is 3.72. The Labute approximate surface area is 167 Å². The van der Waals surface area contributed by atoms with Gasteiger partial charge in [0.1, 0.15) is 14.1 Å². The minimum atomic E-state index is -4.41. The summed E-state index contributed by atoms with van der Waals surface area (Å²) in [6, 6.07) is 6.56. The third kappa shape index (κ3) is 3.83. The molecule has 0 amide bonds. The Morgan fingerprint density at radius 3 is 2.04 bits per heavy atom. The zero-order valence-corrected chi connectivity index (χ0v) is 17.8. The van der Waals surface area contributed by atoms with Crippen LogP contribution in [0.15, 0.2) is 42.0 Å². The van der Waals surface area contributed by atoms with Gasteiger partial charge in [-0.1, -0.05) is 32.1 Å². The molecule has 1 aromatic carbocycles. The first-order chi connectivity index (χ1) is 12.9. The number of hydrogen-bond acceptors (Lipinski definition) is 1. The van der Waals surface area contributed by atoms with E-state index >= 15 is 0 Å². The fourth-order valence-electron chi connectivity index (χ4n) is 3.26. The number of rotatable bonds is 2. The lowest BCUT2D eigenvalue weighted by Gasteiger charge is -2.19. The molecule has 0 aliphatic heterocycles. The zero-order chi connectivity index (χ0) is 20.9. The summed E-state index contributed by atoms with van der Waals surface area (Å²) in [5, 5.41) is 2.69. The van der Waals surface area contributed by atoms with E-state index in [1.165, 1.54) is 23.5 Å². The van der Waals surface area contributed by atoms with Crippen molar-refractivity contribution in [3.05, 3.63) is 58.7 Å². The molecule has 28 heavy (non-hydrogen) atoms. The Hall–Kier alpha value is -2.21. The lowest BCUT2D eigenvalue weighted by molar-refractivity contribution is -0.660. The molecule has 0 bridgehead atoms. The van der Waals surface area contributed by atoms with Crippen LogP contribution in [0.3, 0.4) is 0 Å². The van der Waals surface area contributed by atoms with E-state index in [2.05, 4.69) is 20.8 Å². The molecule has 2 aromatic heterocycles. The smallest absolute Gasteiger partial charge is 0.201 e. The van der Waals surface area contributed by atoms with Gasteiger partial charge in [-0.3, -0.25) is 0 Å². The Kier molecular flexibility index (Phi) is 5.13. The predicted octanol–water partition coefficient (Wildman–Crippen LogP) is 5.36. The molecular weight excluding hydrogens is 381 g/mol. The Balaban J connectivity index is 2.34. The van der Waals surface area contributed by atoms with Crippen molar-refractivity contribution in [2.45, 2.75) is 39.3 Å². The molecular formula is C22H25F3N2S+2. The van der Waals surface area contributed by atoms with Crippen molar-refractivity contribution in [2.24, 2.45) is 14.1 Å². The van der Waals surface area contributed by atoms with Crippen molar-refractivity contribution in [1.82, 2.24) is 0 Å². The largest absolute Gasteiger partial charge is 0.416 e. The van der Waals surface area contributed by atoms with Crippen LogP contribution in [0.2, 0.25) is 0 Å². The first-order valence-corrected chi connectivity index (χ1v) is 9.93. The van der Waals surface area contributed by atoms with E-state index in [0.717, 1.165) is 21.8 Å². The second-order valence-corrected chi connectivity index (χ2v) is 9.07. The lowest BCUT2D eigenvalue weighted by atomic mass is 9.86. The topological polar surface area (TPSA) is 7.76 Å². The van der Waals surface area contributed by atoms with Gasteiger partial charge in [0.25, 0.3) is 5.01 Å². The van der Waals surface area contributed by atoms with Gasteiger partial charge >= 0.3 is 6.18 Å². The molecule has 0 N–H and O–H groups in total. The highest BCUT2D eigenvalue weighted by Gasteiger charge is 2.34. The standard InChI is InChI=1S/C22H25F3N2S/c1-14-17(19-13-15(21(2,3)4)7-8-26(19)5)11-16(22(23,24)25)12-18(14)20-27(6)9-10-28-20/h7-13H,1-6H3/q+2. The van der Waals surface area contributed by atoms with Gasteiger partial charge in [-0.25, -0.2) is 4.57 Å². The average Bonchev–Trinajstić information content (AvgIpc) is 2.99. The van der Waals surface area contributed by atoms with Crippen molar-refractivity contribution in [3.63, 3.8) is 0 Å². The summed E-state index contributed by atoms with van der Waals surface area (Å²) in [4.78, 5) is 0. The van der Waals surface area contributed by atoms with Crippen molar-refractivity contribution < 1.29 is 22.3 Å². The second-order valence-electron chi connectivity index (χ2n) is 8.17. The van der Waals surface area contributed by atoms with E-state index in [1.807, 2.05) is 60.1 Å². The van der Waals surface area contributed by atoms with Crippen molar-refractivity contribution >= 4 is 11.3 Å². The number of halogens is 3. The summed E-state index contributed by atoms with van der Waals surface area (Å²) >= 11 is 1.44. The number of pyridine rings is 1. The number of hydrogen-bond donors (Lipinski definition) is 0. The van der Waals surface area contributed by atoms with Gasteiger partial charge in [0.15, 0.2) is 12.4 Å². The van der Waals surface area contributed by atoms with Crippen LogP contribution in [0.4, 0.5) is 13.2 Å². The number of aryl methyl sites for hydroxylation is 2. The number of nitrogens with zero attached hydrogens (tertiary/aromatic N) is 2. The monoisotopic (exact) mass is 406 g/mol. The third-order valence-corrected chi connectivity index (χ3v) is 6.03. The molecule has 0 fully saturated rings.